The Kier molecular flexibility index (Phi) is 12.1. The van der Waals surface area contributed by atoms with Gasteiger partial charge >= 0.3 is 5.97 Å². The average Bonchev–Trinajstić information content (AvgIpc) is 2.91. The Hall–Kier alpha value is -3.03. The minimum Gasteiger partial charge on any atom is -0.466 e. The van der Waals surface area contributed by atoms with Gasteiger partial charge in [0, 0.05) is 20.5 Å². The zero-order chi connectivity index (χ0) is 25.4. The molecule has 0 amide bonds. The predicted molar refractivity (Wildman–Crippen MR) is 138 cm³/mol. The maximum atomic E-state index is 11.4. The molecule has 192 valence electrons. The van der Waals surface area contributed by atoms with E-state index in [0.29, 0.717) is 32.8 Å². The lowest BCUT2D eigenvalue weighted by atomic mass is 10.0. The molecule has 6 heteroatoms. The van der Waals surface area contributed by atoms with Gasteiger partial charge in [0.05, 0.1) is 39.1 Å². The third-order valence-corrected chi connectivity index (χ3v) is 5.73. The fourth-order valence-electron chi connectivity index (χ4n) is 3.82. The van der Waals surface area contributed by atoms with E-state index in [4.69, 9.17) is 23.7 Å². The van der Waals surface area contributed by atoms with E-state index in [9.17, 15) is 4.79 Å². The van der Waals surface area contributed by atoms with E-state index >= 15 is 0 Å². The van der Waals surface area contributed by atoms with Crippen LogP contribution in [0.5, 0.6) is 0 Å². The summed E-state index contributed by atoms with van der Waals surface area (Å²) in [4.78, 5) is 11.4. The molecule has 0 N–H and O–H groups in total. The van der Waals surface area contributed by atoms with Crippen molar-refractivity contribution in [1.29, 1.82) is 0 Å². The number of rotatable bonds is 16. The highest BCUT2D eigenvalue weighted by atomic mass is 16.6. The molecule has 0 spiro atoms. The van der Waals surface area contributed by atoms with Crippen LogP contribution in [-0.4, -0.2) is 44.6 Å². The zero-order valence-corrected chi connectivity index (χ0v) is 21.1. The van der Waals surface area contributed by atoms with Crippen molar-refractivity contribution < 1.29 is 28.5 Å². The number of benzene rings is 3. The van der Waals surface area contributed by atoms with Crippen molar-refractivity contribution in [2.24, 2.45) is 0 Å². The van der Waals surface area contributed by atoms with Crippen molar-refractivity contribution in [3.8, 4) is 0 Å². The maximum absolute atomic E-state index is 11.4. The largest absolute Gasteiger partial charge is 0.466 e. The van der Waals surface area contributed by atoms with Gasteiger partial charge in [0.2, 0.25) is 0 Å². The molecule has 2 unspecified atom stereocenters. The molecule has 0 bridgehead atoms. The van der Waals surface area contributed by atoms with Gasteiger partial charge < -0.3 is 23.7 Å². The molecule has 0 aromatic heterocycles. The maximum Gasteiger partial charge on any atom is 0.302 e. The first kappa shape index (κ1) is 27.6. The van der Waals surface area contributed by atoms with Gasteiger partial charge in [-0.25, -0.2) is 0 Å². The number of hydrogen-bond acceptors (Lipinski definition) is 6. The van der Waals surface area contributed by atoms with Gasteiger partial charge in [0.1, 0.15) is 12.2 Å². The number of hydrogen-bond donors (Lipinski definition) is 0. The molecule has 36 heavy (non-hydrogen) atoms. The summed E-state index contributed by atoms with van der Waals surface area (Å²) in [7, 11) is 1.65. The lowest BCUT2D eigenvalue weighted by Gasteiger charge is -2.33. The highest BCUT2D eigenvalue weighted by Crippen LogP contribution is 2.20. The molecule has 0 heterocycles. The summed E-state index contributed by atoms with van der Waals surface area (Å²) in [5.74, 6) is -0.326. The van der Waals surface area contributed by atoms with Gasteiger partial charge in [-0.1, -0.05) is 91.0 Å². The van der Waals surface area contributed by atoms with E-state index in [2.05, 4.69) is 0 Å². The minimum absolute atomic E-state index is 0.224. The van der Waals surface area contributed by atoms with Crippen molar-refractivity contribution in [2.45, 2.75) is 51.5 Å². The van der Waals surface area contributed by atoms with Gasteiger partial charge in [-0.15, -0.1) is 0 Å². The van der Waals surface area contributed by atoms with Crippen LogP contribution in [0.4, 0.5) is 0 Å². The summed E-state index contributed by atoms with van der Waals surface area (Å²) in [6.45, 7) is 3.21. The normalized spacial score (nSPS) is 13.6. The predicted octanol–water partition coefficient (Wildman–Crippen LogP) is 5.34. The highest BCUT2D eigenvalue weighted by molar-refractivity contribution is 5.65. The van der Waals surface area contributed by atoms with Gasteiger partial charge in [-0.2, -0.15) is 0 Å². The van der Waals surface area contributed by atoms with Crippen LogP contribution in [0.1, 0.15) is 30.0 Å². The molecular weight excluding hydrogens is 456 g/mol. The number of ether oxygens (including phenoxy) is 5. The third-order valence-electron chi connectivity index (χ3n) is 5.73. The number of esters is 1. The Morgan fingerprint density at radius 1 is 0.694 bits per heavy atom. The monoisotopic (exact) mass is 492 g/mol. The molecule has 0 saturated carbocycles. The molecule has 0 saturated heterocycles. The zero-order valence-electron chi connectivity index (χ0n) is 21.1. The molecule has 0 radical (unpaired) electrons. The lowest BCUT2D eigenvalue weighted by molar-refractivity contribution is -0.163. The summed E-state index contributed by atoms with van der Waals surface area (Å²) >= 11 is 0. The topological polar surface area (TPSA) is 63.2 Å². The Balaban J connectivity index is 1.74. The first-order valence-electron chi connectivity index (χ1n) is 12.2. The molecule has 0 aliphatic carbocycles. The van der Waals surface area contributed by atoms with E-state index in [1.54, 1.807) is 7.11 Å². The average molecular weight is 493 g/mol. The molecule has 3 aromatic carbocycles. The number of methoxy groups -OCH3 is 1. The Morgan fingerprint density at radius 3 is 1.69 bits per heavy atom. The lowest BCUT2D eigenvalue weighted by Crippen LogP contribution is -2.45. The molecule has 0 fully saturated rings. The van der Waals surface area contributed by atoms with Gasteiger partial charge in [-0.05, 0) is 16.7 Å². The van der Waals surface area contributed by atoms with Gasteiger partial charge in [0.25, 0.3) is 0 Å². The molecule has 0 aliphatic heterocycles. The Labute approximate surface area is 214 Å². The number of carbonyl (C=O) groups is 1. The molecule has 3 atom stereocenters. The van der Waals surface area contributed by atoms with Crippen molar-refractivity contribution in [3.05, 3.63) is 108 Å². The minimum atomic E-state index is -0.453. The van der Waals surface area contributed by atoms with Crippen LogP contribution >= 0.6 is 0 Å². The van der Waals surface area contributed by atoms with Crippen LogP contribution in [-0.2, 0) is 48.3 Å². The van der Waals surface area contributed by atoms with E-state index < -0.39 is 18.3 Å². The second-order valence-electron chi connectivity index (χ2n) is 8.50. The second-order valence-corrected chi connectivity index (χ2v) is 8.50. The van der Waals surface area contributed by atoms with E-state index in [-0.39, 0.29) is 12.6 Å². The van der Waals surface area contributed by atoms with Crippen LogP contribution in [0.25, 0.3) is 0 Å². The quantitative estimate of drug-likeness (QED) is 0.252. The van der Waals surface area contributed by atoms with Crippen molar-refractivity contribution >= 4 is 5.97 Å². The summed E-state index contributed by atoms with van der Waals surface area (Å²) in [6, 6.07) is 29.9. The highest BCUT2D eigenvalue weighted by Gasteiger charge is 2.32. The van der Waals surface area contributed by atoms with Gasteiger partial charge in [-0.3, -0.25) is 4.79 Å². The summed E-state index contributed by atoms with van der Waals surface area (Å²) in [5.41, 5.74) is 3.18. The molecular formula is C30H36O6. The van der Waals surface area contributed by atoms with Crippen LogP contribution in [0.2, 0.25) is 0 Å². The molecule has 6 nitrogen and oxygen atoms in total. The van der Waals surface area contributed by atoms with Crippen LogP contribution in [0.3, 0.4) is 0 Å². The van der Waals surface area contributed by atoms with Gasteiger partial charge in [0.15, 0.2) is 0 Å². The Morgan fingerprint density at radius 2 is 1.19 bits per heavy atom. The van der Waals surface area contributed by atoms with Crippen LogP contribution in [0, 0.1) is 0 Å². The van der Waals surface area contributed by atoms with Crippen LogP contribution < -0.4 is 0 Å². The number of carbonyl (C=O) groups excluding carboxylic acids is 1. The fraction of sp³-hybridized carbons (Fsp3) is 0.367. The fourth-order valence-corrected chi connectivity index (χ4v) is 3.82. The van der Waals surface area contributed by atoms with Crippen molar-refractivity contribution in [1.82, 2.24) is 0 Å². The molecule has 3 aromatic rings. The van der Waals surface area contributed by atoms with E-state index in [1.165, 1.54) is 6.92 Å². The second kappa shape index (κ2) is 15.9. The third kappa shape index (κ3) is 9.91. The Bertz CT molecular complexity index is 980. The summed E-state index contributed by atoms with van der Waals surface area (Å²) in [6.07, 6.45) is -0.774. The smallest absolute Gasteiger partial charge is 0.302 e. The van der Waals surface area contributed by atoms with Crippen LogP contribution in [0.15, 0.2) is 91.0 Å². The van der Waals surface area contributed by atoms with E-state index in [0.717, 1.165) is 16.7 Å². The first-order chi connectivity index (χ1) is 17.7. The molecule has 0 aliphatic rings. The van der Waals surface area contributed by atoms with E-state index in [1.807, 2.05) is 91.0 Å². The standard InChI is InChI=1S/C30H36O6/c1-24(31)34-19-18-28(35-21-26-14-8-4-9-15-26)30(36-22-27-16-10-5-11-17-27)29(32-2)23-33-20-25-12-6-3-7-13-25/h3-17,28-30H,18-23H2,1-2H3/t28?,29-,30?/m1/s1. The first-order valence-corrected chi connectivity index (χ1v) is 12.2. The summed E-state index contributed by atoms with van der Waals surface area (Å²) < 4.78 is 29.9. The van der Waals surface area contributed by atoms with Crippen molar-refractivity contribution in [2.75, 3.05) is 20.3 Å². The summed E-state index contributed by atoms with van der Waals surface area (Å²) in [5, 5.41) is 0. The SMILES string of the molecule is CO[C@H](COCc1ccccc1)C(OCc1ccccc1)C(CCOC(C)=O)OCc1ccccc1. The van der Waals surface area contributed by atoms with Crippen molar-refractivity contribution in [3.63, 3.8) is 0 Å². The molecule has 3 rings (SSSR count).